The van der Waals surface area contributed by atoms with Crippen LogP contribution < -0.4 is 10.2 Å². The summed E-state index contributed by atoms with van der Waals surface area (Å²) in [5.74, 6) is -0.180. The first-order chi connectivity index (χ1) is 20.5. The van der Waals surface area contributed by atoms with Crippen LogP contribution >= 0.6 is 7.82 Å². The molecule has 3 atom stereocenters. The summed E-state index contributed by atoms with van der Waals surface area (Å²) < 4.78 is 23.0. The molecule has 9 heteroatoms. The molecule has 1 unspecified atom stereocenters. The van der Waals surface area contributed by atoms with Crippen molar-refractivity contribution < 1.29 is 32.9 Å². The Morgan fingerprint density at radius 3 is 1.81 bits per heavy atom. The van der Waals surface area contributed by atoms with E-state index in [1.807, 2.05) is 21.1 Å². The SMILES string of the molecule is CCCCCCC/C=C/CCCC[C@@H](O)[C@H](COP(=O)([O-])OCC[N+](C)(C)C)NC(=O)CCCCCCCCCCCC. The molecule has 0 radical (unpaired) electrons. The van der Waals surface area contributed by atoms with Crippen LogP contribution in [0.3, 0.4) is 0 Å². The van der Waals surface area contributed by atoms with Crippen molar-refractivity contribution >= 4 is 13.7 Å². The van der Waals surface area contributed by atoms with E-state index in [0.717, 1.165) is 44.9 Å². The molecule has 0 aromatic rings. The lowest BCUT2D eigenvalue weighted by atomic mass is 10.0. The molecule has 256 valence electrons. The zero-order chi connectivity index (χ0) is 32.2. The van der Waals surface area contributed by atoms with E-state index in [1.54, 1.807) is 0 Å². The van der Waals surface area contributed by atoms with Crippen LogP contribution in [0.4, 0.5) is 0 Å². The molecule has 0 rings (SSSR count). The number of nitrogens with zero attached hydrogens (tertiary/aromatic N) is 1. The Hall–Kier alpha value is -0.760. The van der Waals surface area contributed by atoms with E-state index in [-0.39, 0.29) is 19.1 Å². The third kappa shape index (κ3) is 29.7. The first kappa shape index (κ1) is 42.2. The maximum absolute atomic E-state index is 12.7. The third-order valence-corrected chi connectivity index (χ3v) is 8.72. The second-order valence-electron chi connectivity index (χ2n) is 13.2. The van der Waals surface area contributed by atoms with Gasteiger partial charge in [0.2, 0.25) is 5.91 Å². The van der Waals surface area contributed by atoms with Crippen molar-refractivity contribution in [2.24, 2.45) is 0 Å². The molecule has 0 saturated heterocycles. The highest BCUT2D eigenvalue weighted by atomic mass is 31.2. The molecule has 0 aliphatic carbocycles. The number of allylic oxidation sites excluding steroid dienone is 2. The van der Waals surface area contributed by atoms with Gasteiger partial charge in [-0.1, -0.05) is 116 Å². The number of aliphatic hydroxyl groups excluding tert-OH is 1. The Morgan fingerprint density at radius 2 is 1.28 bits per heavy atom. The van der Waals surface area contributed by atoms with E-state index in [9.17, 15) is 19.4 Å². The number of amides is 1. The maximum Gasteiger partial charge on any atom is 0.268 e. The topological polar surface area (TPSA) is 108 Å². The van der Waals surface area contributed by atoms with Gasteiger partial charge in [0.25, 0.3) is 7.82 Å². The molecule has 43 heavy (non-hydrogen) atoms. The minimum absolute atomic E-state index is 0.00878. The zero-order valence-corrected chi connectivity index (χ0v) is 29.6. The normalized spacial score (nSPS) is 15.0. The van der Waals surface area contributed by atoms with Crippen molar-refractivity contribution in [2.75, 3.05) is 40.9 Å². The van der Waals surface area contributed by atoms with Crippen molar-refractivity contribution in [1.82, 2.24) is 5.32 Å². The molecule has 0 aromatic heterocycles. The molecule has 8 nitrogen and oxygen atoms in total. The molecule has 2 N–H and O–H groups in total. The summed E-state index contributed by atoms with van der Waals surface area (Å²) in [6.07, 6.45) is 26.4. The van der Waals surface area contributed by atoms with Crippen LogP contribution in [0.25, 0.3) is 0 Å². The van der Waals surface area contributed by atoms with Gasteiger partial charge in [0.15, 0.2) is 0 Å². The van der Waals surface area contributed by atoms with E-state index in [0.29, 0.717) is 23.9 Å². The number of quaternary nitrogens is 1. The Bertz CT molecular complexity index is 728. The molecule has 0 fully saturated rings. The van der Waals surface area contributed by atoms with Crippen LogP contribution in [0.5, 0.6) is 0 Å². The Balaban J connectivity index is 4.57. The van der Waals surface area contributed by atoms with E-state index < -0.39 is 20.0 Å². The fraction of sp³-hybridized carbons (Fsp3) is 0.912. The molecular formula is C34H69N2O6P. The number of phosphoric acid groups is 1. The quantitative estimate of drug-likeness (QED) is 0.0349. The van der Waals surface area contributed by atoms with Gasteiger partial charge in [0.1, 0.15) is 13.2 Å². The van der Waals surface area contributed by atoms with Crippen molar-refractivity contribution in [3.8, 4) is 0 Å². The lowest BCUT2D eigenvalue weighted by molar-refractivity contribution is -0.870. The Morgan fingerprint density at radius 1 is 0.791 bits per heavy atom. The van der Waals surface area contributed by atoms with Crippen LogP contribution in [0.1, 0.15) is 149 Å². The number of hydrogen-bond donors (Lipinski definition) is 2. The molecule has 0 aliphatic heterocycles. The van der Waals surface area contributed by atoms with Crippen LogP contribution in [0.2, 0.25) is 0 Å². The summed E-state index contributed by atoms with van der Waals surface area (Å²) in [7, 11) is 1.29. The summed E-state index contributed by atoms with van der Waals surface area (Å²) in [4.78, 5) is 25.0. The highest BCUT2D eigenvalue weighted by Gasteiger charge is 2.24. The van der Waals surface area contributed by atoms with Gasteiger partial charge in [-0.3, -0.25) is 9.36 Å². The summed E-state index contributed by atoms with van der Waals surface area (Å²) in [6, 6.07) is -0.807. The zero-order valence-electron chi connectivity index (χ0n) is 28.7. The minimum atomic E-state index is -4.55. The molecule has 0 aliphatic rings. The van der Waals surface area contributed by atoms with Crippen molar-refractivity contribution in [3.05, 3.63) is 12.2 Å². The molecule has 0 bridgehead atoms. The summed E-state index contributed by atoms with van der Waals surface area (Å²) in [5.41, 5.74) is 0. The van der Waals surface area contributed by atoms with Gasteiger partial charge in [-0.2, -0.15) is 0 Å². The van der Waals surface area contributed by atoms with Gasteiger partial charge in [0, 0.05) is 6.42 Å². The van der Waals surface area contributed by atoms with Crippen molar-refractivity contribution in [3.63, 3.8) is 0 Å². The first-order valence-electron chi connectivity index (χ1n) is 17.5. The molecule has 1 amide bonds. The number of rotatable bonds is 31. The van der Waals surface area contributed by atoms with Crippen LogP contribution in [-0.2, 0) is 18.4 Å². The number of nitrogens with one attached hydrogen (secondary N) is 1. The van der Waals surface area contributed by atoms with Crippen LogP contribution in [-0.4, -0.2) is 68.5 Å². The van der Waals surface area contributed by atoms with Gasteiger partial charge in [0.05, 0.1) is 39.9 Å². The number of likely N-dealkylation sites (N-methyl/N-ethyl adjacent to an activating group) is 1. The van der Waals surface area contributed by atoms with E-state index in [1.165, 1.54) is 77.0 Å². The smallest absolute Gasteiger partial charge is 0.268 e. The molecule has 0 heterocycles. The van der Waals surface area contributed by atoms with Gasteiger partial charge < -0.3 is 28.8 Å². The lowest BCUT2D eigenvalue weighted by Crippen LogP contribution is -2.46. The number of carbonyl (C=O) groups excluding carboxylic acids is 1. The summed E-state index contributed by atoms with van der Waals surface area (Å²) in [6.45, 7) is 4.63. The number of hydrogen-bond acceptors (Lipinski definition) is 6. The van der Waals surface area contributed by atoms with E-state index >= 15 is 0 Å². The largest absolute Gasteiger partial charge is 0.756 e. The standard InChI is InChI=1S/C34H69N2O6P/c1-6-8-10-12-14-16-18-19-21-23-25-27-33(37)32(31-42-43(39,40)41-30-29-36(3,4)5)35-34(38)28-26-24-22-20-17-15-13-11-9-7-2/h18-19,32-33,37H,6-17,20-31H2,1-5H3,(H-,35,38,39,40)/b19-18+/t32-,33+/m0/s1. The fourth-order valence-corrected chi connectivity index (χ4v) is 5.58. The number of phosphoric ester groups is 1. The van der Waals surface area contributed by atoms with Gasteiger partial charge in [-0.25, -0.2) is 0 Å². The fourth-order valence-electron chi connectivity index (χ4n) is 4.85. The first-order valence-corrected chi connectivity index (χ1v) is 19.0. The molecule has 0 aromatic carbocycles. The Kier molecular flexibility index (Phi) is 27.1. The van der Waals surface area contributed by atoms with Crippen LogP contribution in [0, 0.1) is 0 Å². The number of unbranched alkanes of at least 4 members (excludes halogenated alkanes) is 16. The van der Waals surface area contributed by atoms with Crippen LogP contribution in [0.15, 0.2) is 12.2 Å². The van der Waals surface area contributed by atoms with E-state index in [2.05, 4.69) is 31.3 Å². The highest BCUT2D eigenvalue weighted by molar-refractivity contribution is 7.45. The minimum Gasteiger partial charge on any atom is -0.756 e. The average molecular weight is 633 g/mol. The van der Waals surface area contributed by atoms with Gasteiger partial charge >= 0.3 is 0 Å². The predicted octanol–water partition coefficient (Wildman–Crippen LogP) is 7.83. The second kappa shape index (κ2) is 27.5. The van der Waals surface area contributed by atoms with Gasteiger partial charge in [-0.15, -0.1) is 0 Å². The molecule has 0 spiro atoms. The second-order valence-corrected chi connectivity index (χ2v) is 14.6. The maximum atomic E-state index is 12.7. The van der Waals surface area contributed by atoms with Crippen molar-refractivity contribution in [1.29, 1.82) is 0 Å². The number of aliphatic hydroxyl groups is 1. The summed E-state index contributed by atoms with van der Waals surface area (Å²) >= 11 is 0. The Labute approximate surface area is 265 Å². The number of carbonyl (C=O) groups is 1. The monoisotopic (exact) mass is 632 g/mol. The highest BCUT2D eigenvalue weighted by Crippen LogP contribution is 2.38. The van der Waals surface area contributed by atoms with Crippen molar-refractivity contribution in [2.45, 2.75) is 161 Å². The third-order valence-electron chi connectivity index (χ3n) is 7.75. The summed E-state index contributed by atoms with van der Waals surface area (Å²) in [5, 5.41) is 13.7. The molecular weight excluding hydrogens is 563 g/mol. The predicted molar refractivity (Wildman–Crippen MR) is 178 cm³/mol. The van der Waals surface area contributed by atoms with Gasteiger partial charge in [-0.05, 0) is 38.5 Å². The lowest BCUT2D eigenvalue weighted by Gasteiger charge is -2.30. The average Bonchev–Trinajstić information content (AvgIpc) is 2.94. The molecule has 0 saturated carbocycles. The van der Waals surface area contributed by atoms with E-state index in [4.69, 9.17) is 9.05 Å².